The van der Waals surface area contributed by atoms with Crippen LogP contribution in [0.15, 0.2) is 83.8 Å². The van der Waals surface area contributed by atoms with Crippen molar-refractivity contribution in [1.82, 2.24) is 4.90 Å². The molecule has 0 atom stereocenters. The van der Waals surface area contributed by atoms with Gasteiger partial charge in [-0.05, 0) is 58.4 Å². The fourth-order valence-corrected chi connectivity index (χ4v) is 4.96. The standard InChI is InChI=1S/C28H18ClF2NO3S/c29-23-13-20(30)11-9-18(23)15-32-27(33)26(36-28(32)34)14-22-21-7-3-1-5-17(21)10-12-25(22)35-16-19-6-2-4-8-24(19)31/h1-14H,15-16H2/b26-14-. The maximum atomic E-state index is 14.1. The molecule has 0 aromatic heterocycles. The zero-order valence-corrected chi connectivity index (χ0v) is 20.3. The lowest BCUT2D eigenvalue weighted by Crippen LogP contribution is -2.27. The lowest BCUT2D eigenvalue weighted by atomic mass is 10.0. The number of rotatable bonds is 6. The number of nitrogens with zero attached hydrogens (tertiary/aromatic N) is 1. The van der Waals surface area contributed by atoms with E-state index in [0.29, 0.717) is 22.4 Å². The lowest BCUT2D eigenvalue weighted by Gasteiger charge is -2.14. The second kappa shape index (κ2) is 10.1. The summed E-state index contributed by atoms with van der Waals surface area (Å²) in [4.78, 5) is 27.2. The summed E-state index contributed by atoms with van der Waals surface area (Å²) >= 11 is 6.90. The predicted octanol–water partition coefficient (Wildman–Crippen LogP) is 7.59. The summed E-state index contributed by atoms with van der Waals surface area (Å²) in [6.45, 7) is -0.0797. The minimum absolute atomic E-state index is 0.00357. The number of thioether (sulfide) groups is 1. The average molecular weight is 522 g/mol. The van der Waals surface area contributed by atoms with E-state index >= 15 is 0 Å². The highest BCUT2D eigenvalue weighted by Gasteiger charge is 2.35. The van der Waals surface area contributed by atoms with Gasteiger partial charge in [0, 0.05) is 16.1 Å². The molecule has 8 heteroatoms. The van der Waals surface area contributed by atoms with Gasteiger partial charge in [-0.3, -0.25) is 14.5 Å². The normalized spacial score (nSPS) is 14.8. The van der Waals surface area contributed by atoms with Crippen LogP contribution in [0.4, 0.5) is 13.6 Å². The summed E-state index contributed by atoms with van der Waals surface area (Å²) in [6.07, 6.45) is 1.62. The summed E-state index contributed by atoms with van der Waals surface area (Å²) in [5.41, 5.74) is 1.46. The molecule has 2 amide bonds. The molecule has 4 aromatic carbocycles. The monoisotopic (exact) mass is 521 g/mol. The van der Waals surface area contributed by atoms with Crippen LogP contribution < -0.4 is 4.74 Å². The van der Waals surface area contributed by atoms with E-state index in [1.165, 1.54) is 18.2 Å². The molecule has 1 aliphatic heterocycles. The molecule has 180 valence electrons. The Morgan fingerprint density at radius 3 is 2.50 bits per heavy atom. The lowest BCUT2D eigenvalue weighted by molar-refractivity contribution is -0.123. The number of benzene rings is 4. The third-order valence-electron chi connectivity index (χ3n) is 5.76. The van der Waals surface area contributed by atoms with Crippen molar-refractivity contribution in [2.24, 2.45) is 0 Å². The Bertz CT molecular complexity index is 1540. The summed E-state index contributed by atoms with van der Waals surface area (Å²) < 4.78 is 33.5. The quantitative estimate of drug-likeness (QED) is 0.245. The molecule has 5 rings (SSSR count). The Hall–Kier alpha value is -3.68. The van der Waals surface area contributed by atoms with Gasteiger partial charge in [-0.2, -0.15) is 0 Å². The first-order valence-electron chi connectivity index (χ1n) is 11.0. The van der Waals surface area contributed by atoms with Gasteiger partial charge < -0.3 is 4.74 Å². The smallest absolute Gasteiger partial charge is 0.293 e. The van der Waals surface area contributed by atoms with Crippen molar-refractivity contribution in [3.8, 4) is 5.75 Å². The molecule has 1 saturated heterocycles. The number of imide groups is 1. The molecule has 1 aliphatic rings. The first kappa shape index (κ1) is 24.0. The highest BCUT2D eigenvalue weighted by atomic mass is 35.5. The third-order valence-corrected chi connectivity index (χ3v) is 7.02. The van der Waals surface area contributed by atoms with Gasteiger partial charge in [-0.1, -0.05) is 66.2 Å². The first-order valence-corrected chi connectivity index (χ1v) is 12.2. The van der Waals surface area contributed by atoms with E-state index in [0.717, 1.165) is 33.5 Å². The van der Waals surface area contributed by atoms with Crippen molar-refractivity contribution in [1.29, 1.82) is 0 Å². The zero-order valence-electron chi connectivity index (χ0n) is 18.7. The molecule has 36 heavy (non-hydrogen) atoms. The van der Waals surface area contributed by atoms with E-state index in [1.54, 1.807) is 30.3 Å². The predicted molar refractivity (Wildman–Crippen MR) is 138 cm³/mol. The minimum atomic E-state index is -0.503. The molecule has 4 aromatic rings. The maximum absolute atomic E-state index is 14.1. The Labute approximate surface area is 215 Å². The highest BCUT2D eigenvalue weighted by molar-refractivity contribution is 8.18. The summed E-state index contributed by atoms with van der Waals surface area (Å²) in [7, 11) is 0. The van der Waals surface area contributed by atoms with Crippen molar-refractivity contribution in [2.45, 2.75) is 13.2 Å². The Morgan fingerprint density at radius 1 is 0.917 bits per heavy atom. The second-order valence-electron chi connectivity index (χ2n) is 8.08. The first-order chi connectivity index (χ1) is 17.4. The Kier molecular flexibility index (Phi) is 6.76. The van der Waals surface area contributed by atoms with Crippen LogP contribution in [0, 0.1) is 11.6 Å². The van der Waals surface area contributed by atoms with Crippen LogP contribution in [0.2, 0.25) is 5.02 Å². The van der Waals surface area contributed by atoms with Crippen molar-refractivity contribution >= 4 is 51.4 Å². The fourth-order valence-electron chi connectivity index (χ4n) is 3.91. The maximum Gasteiger partial charge on any atom is 0.293 e. The number of fused-ring (bicyclic) bond motifs is 1. The van der Waals surface area contributed by atoms with Gasteiger partial charge >= 0.3 is 0 Å². The number of carbonyl (C=O) groups excluding carboxylic acids is 2. The van der Waals surface area contributed by atoms with Crippen LogP contribution in [-0.2, 0) is 17.9 Å². The molecule has 0 saturated carbocycles. The van der Waals surface area contributed by atoms with E-state index < -0.39 is 17.0 Å². The highest BCUT2D eigenvalue weighted by Crippen LogP contribution is 2.38. The third kappa shape index (κ3) is 4.85. The van der Waals surface area contributed by atoms with E-state index in [4.69, 9.17) is 16.3 Å². The van der Waals surface area contributed by atoms with Crippen LogP contribution in [-0.4, -0.2) is 16.0 Å². The molecule has 1 fully saturated rings. The van der Waals surface area contributed by atoms with Gasteiger partial charge in [0.1, 0.15) is 24.0 Å². The number of amides is 2. The van der Waals surface area contributed by atoms with Crippen LogP contribution >= 0.6 is 23.4 Å². The van der Waals surface area contributed by atoms with Crippen molar-refractivity contribution in [2.75, 3.05) is 0 Å². The molecular weight excluding hydrogens is 504 g/mol. The van der Waals surface area contributed by atoms with Crippen LogP contribution in [0.25, 0.3) is 16.8 Å². The van der Waals surface area contributed by atoms with Gasteiger partial charge in [0.25, 0.3) is 11.1 Å². The van der Waals surface area contributed by atoms with Gasteiger partial charge in [0.05, 0.1) is 11.4 Å². The fraction of sp³-hybridized carbons (Fsp3) is 0.0714. The van der Waals surface area contributed by atoms with Gasteiger partial charge in [0.15, 0.2) is 0 Å². The molecule has 0 unspecified atom stereocenters. The zero-order chi connectivity index (χ0) is 25.2. The summed E-state index contributed by atoms with van der Waals surface area (Å²) in [5.74, 6) is -0.916. The van der Waals surface area contributed by atoms with E-state index in [-0.39, 0.29) is 28.9 Å². The molecule has 1 heterocycles. The van der Waals surface area contributed by atoms with Crippen LogP contribution in [0.5, 0.6) is 5.75 Å². The number of hydrogen-bond donors (Lipinski definition) is 0. The molecule has 0 N–H and O–H groups in total. The SMILES string of the molecule is O=C1S/C(=C\c2c(OCc3ccccc3F)ccc3ccccc23)C(=O)N1Cc1ccc(F)cc1Cl. The van der Waals surface area contributed by atoms with Gasteiger partial charge in [-0.25, -0.2) is 8.78 Å². The molecular formula is C28H18ClF2NO3S. The van der Waals surface area contributed by atoms with Crippen molar-refractivity contribution < 1.29 is 23.1 Å². The Morgan fingerprint density at radius 2 is 1.69 bits per heavy atom. The van der Waals surface area contributed by atoms with Crippen LogP contribution in [0.3, 0.4) is 0 Å². The summed E-state index contributed by atoms with van der Waals surface area (Å²) in [6, 6.07) is 21.4. The topological polar surface area (TPSA) is 46.6 Å². The Balaban J connectivity index is 1.49. The number of hydrogen-bond acceptors (Lipinski definition) is 4. The molecule has 0 radical (unpaired) electrons. The molecule has 0 bridgehead atoms. The molecule has 0 aliphatic carbocycles. The largest absolute Gasteiger partial charge is 0.488 e. The van der Waals surface area contributed by atoms with Crippen molar-refractivity contribution in [3.63, 3.8) is 0 Å². The molecule has 0 spiro atoms. The van der Waals surface area contributed by atoms with E-state index in [9.17, 15) is 18.4 Å². The average Bonchev–Trinajstić information content (AvgIpc) is 3.13. The number of carbonyl (C=O) groups is 2. The molecule has 4 nitrogen and oxygen atoms in total. The van der Waals surface area contributed by atoms with E-state index in [1.807, 2.05) is 30.3 Å². The van der Waals surface area contributed by atoms with Crippen LogP contribution in [0.1, 0.15) is 16.7 Å². The minimum Gasteiger partial charge on any atom is -0.488 e. The number of ether oxygens (including phenoxy) is 1. The number of halogens is 3. The van der Waals surface area contributed by atoms with E-state index in [2.05, 4.69) is 0 Å². The second-order valence-corrected chi connectivity index (χ2v) is 9.48. The van der Waals surface area contributed by atoms with Crippen molar-refractivity contribution in [3.05, 3.63) is 117 Å². The summed E-state index contributed by atoms with van der Waals surface area (Å²) in [5, 5.41) is 1.41. The van der Waals surface area contributed by atoms with Gasteiger partial charge in [0.2, 0.25) is 0 Å². The van der Waals surface area contributed by atoms with Gasteiger partial charge in [-0.15, -0.1) is 0 Å².